The van der Waals surface area contributed by atoms with Crippen molar-refractivity contribution in [1.82, 2.24) is 10.2 Å². The van der Waals surface area contributed by atoms with Crippen molar-refractivity contribution in [2.24, 2.45) is 11.8 Å². The molecule has 1 saturated heterocycles. The lowest BCUT2D eigenvalue weighted by Crippen LogP contribution is -2.62. The van der Waals surface area contributed by atoms with E-state index in [1.54, 1.807) is 0 Å². The minimum atomic E-state index is 0.526. The molecule has 6 unspecified atom stereocenters. The first-order valence-electron chi connectivity index (χ1n) is 8.25. The molecule has 0 aromatic carbocycles. The first-order chi connectivity index (χ1) is 9.20. The number of morpholine rings is 1. The van der Waals surface area contributed by atoms with Crippen molar-refractivity contribution in [2.45, 2.75) is 70.2 Å². The quantitative estimate of drug-likeness (QED) is 0.830. The smallest absolute Gasteiger partial charge is 0.0731 e. The summed E-state index contributed by atoms with van der Waals surface area (Å²) in [6.45, 7) is 6.96. The predicted molar refractivity (Wildman–Crippen MR) is 78.3 cm³/mol. The van der Waals surface area contributed by atoms with E-state index in [-0.39, 0.29) is 0 Å². The lowest BCUT2D eigenvalue weighted by Gasteiger charge is -2.50. The summed E-state index contributed by atoms with van der Waals surface area (Å²) in [6.07, 6.45) is 7.23. The molecule has 3 aliphatic rings. The number of nitrogens with zero attached hydrogens (tertiary/aromatic N) is 1. The second-order valence-corrected chi connectivity index (χ2v) is 7.08. The van der Waals surface area contributed by atoms with Gasteiger partial charge >= 0.3 is 0 Å². The van der Waals surface area contributed by atoms with Crippen molar-refractivity contribution in [1.29, 1.82) is 0 Å². The van der Waals surface area contributed by atoms with Crippen LogP contribution in [0.3, 0.4) is 0 Å². The Kier molecular flexibility index (Phi) is 4.16. The molecule has 1 heterocycles. The Balaban J connectivity index is 1.78. The second-order valence-electron chi connectivity index (χ2n) is 7.08. The maximum Gasteiger partial charge on any atom is 0.0731 e. The molecule has 3 rings (SSSR count). The number of nitrogens with one attached hydrogen (secondary N) is 1. The van der Waals surface area contributed by atoms with Gasteiger partial charge in [0, 0.05) is 24.7 Å². The Bertz CT molecular complexity index is 309. The normalized spacial score (nSPS) is 48.2. The van der Waals surface area contributed by atoms with Gasteiger partial charge in [0.1, 0.15) is 0 Å². The molecule has 1 aliphatic heterocycles. The highest BCUT2D eigenvalue weighted by atomic mass is 16.5. The van der Waals surface area contributed by atoms with Crippen LogP contribution >= 0.6 is 0 Å². The molecule has 3 nitrogen and oxygen atoms in total. The average Bonchev–Trinajstić information content (AvgIpc) is 2.86. The molecular formula is C16H30N2O. The van der Waals surface area contributed by atoms with Gasteiger partial charge in [-0.25, -0.2) is 0 Å². The van der Waals surface area contributed by atoms with Crippen molar-refractivity contribution in [3.63, 3.8) is 0 Å². The zero-order valence-corrected chi connectivity index (χ0v) is 12.8. The molecule has 0 aromatic rings. The number of rotatable bonds is 2. The number of hydrogen-bond acceptors (Lipinski definition) is 3. The van der Waals surface area contributed by atoms with Crippen LogP contribution in [0.25, 0.3) is 0 Å². The highest BCUT2D eigenvalue weighted by Crippen LogP contribution is 2.38. The molecule has 110 valence electrons. The van der Waals surface area contributed by atoms with E-state index >= 15 is 0 Å². The van der Waals surface area contributed by atoms with E-state index in [4.69, 9.17) is 4.74 Å². The van der Waals surface area contributed by atoms with Gasteiger partial charge in [-0.3, -0.25) is 4.90 Å². The van der Waals surface area contributed by atoms with Gasteiger partial charge in [-0.2, -0.15) is 0 Å². The molecule has 2 aliphatic carbocycles. The Morgan fingerprint density at radius 1 is 1.16 bits per heavy atom. The van der Waals surface area contributed by atoms with Crippen LogP contribution in [0.15, 0.2) is 0 Å². The van der Waals surface area contributed by atoms with E-state index in [2.05, 4.69) is 31.1 Å². The summed E-state index contributed by atoms with van der Waals surface area (Å²) in [5.41, 5.74) is 0. The van der Waals surface area contributed by atoms with Crippen LogP contribution in [0.5, 0.6) is 0 Å². The van der Waals surface area contributed by atoms with Gasteiger partial charge in [-0.05, 0) is 51.0 Å². The van der Waals surface area contributed by atoms with E-state index in [0.717, 1.165) is 31.0 Å². The van der Waals surface area contributed by atoms with Crippen LogP contribution in [-0.4, -0.2) is 49.3 Å². The van der Waals surface area contributed by atoms with Crippen LogP contribution in [0.2, 0.25) is 0 Å². The summed E-state index contributed by atoms with van der Waals surface area (Å²) in [6, 6.07) is 2.08. The molecule has 0 radical (unpaired) electrons. The third-order valence-corrected chi connectivity index (χ3v) is 5.70. The Morgan fingerprint density at radius 3 is 2.79 bits per heavy atom. The minimum absolute atomic E-state index is 0.526. The highest BCUT2D eigenvalue weighted by molar-refractivity contribution is 4.99. The SMILES string of the molecule is CNC1CC(C)CC(C)C1N1CCOC2CCCC21. The van der Waals surface area contributed by atoms with Gasteiger partial charge in [-0.15, -0.1) is 0 Å². The van der Waals surface area contributed by atoms with Crippen molar-refractivity contribution >= 4 is 0 Å². The van der Waals surface area contributed by atoms with Gasteiger partial charge in [-0.1, -0.05) is 13.8 Å². The molecule has 0 amide bonds. The van der Waals surface area contributed by atoms with Crippen molar-refractivity contribution < 1.29 is 4.74 Å². The van der Waals surface area contributed by atoms with Crippen LogP contribution in [-0.2, 0) is 4.74 Å². The molecule has 1 N–H and O–H groups in total. The third kappa shape index (κ3) is 2.57. The molecule has 3 fully saturated rings. The van der Waals surface area contributed by atoms with Crippen molar-refractivity contribution in [3.8, 4) is 0 Å². The molecule has 0 spiro atoms. The summed E-state index contributed by atoms with van der Waals surface area (Å²) in [5.74, 6) is 1.67. The summed E-state index contributed by atoms with van der Waals surface area (Å²) in [4.78, 5) is 2.82. The fourth-order valence-corrected chi connectivity index (χ4v) is 5.01. The standard InChI is InChI=1S/C16H30N2O/c1-11-9-12(2)16(13(10-11)17-3)18-7-8-19-15-6-4-5-14(15)18/h11-17H,4-10H2,1-3H3. The van der Waals surface area contributed by atoms with E-state index in [0.29, 0.717) is 18.2 Å². The maximum absolute atomic E-state index is 5.99. The highest BCUT2D eigenvalue weighted by Gasteiger charge is 2.44. The van der Waals surface area contributed by atoms with Crippen molar-refractivity contribution in [2.75, 3.05) is 20.2 Å². The molecular weight excluding hydrogens is 236 g/mol. The second kappa shape index (κ2) is 5.71. The van der Waals surface area contributed by atoms with E-state index in [1.165, 1.54) is 32.1 Å². The Hall–Kier alpha value is -0.120. The molecule has 19 heavy (non-hydrogen) atoms. The van der Waals surface area contributed by atoms with Crippen LogP contribution in [0.1, 0.15) is 46.0 Å². The topological polar surface area (TPSA) is 24.5 Å². The van der Waals surface area contributed by atoms with Gasteiger partial charge in [0.25, 0.3) is 0 Å². The largest absolute Gasteiger partial charge is 0.375 e. The molecule has 0 aromatic heterocycles. The Morgan fingerprint density at radius 2 is 2.00 bits per heavy atom. The maximum atomic E-state index is 5.99. The van der Waals surface area contributed by atoms with Crippen molar-refractivity contribution in [3.05, 3.63) is 0 Å². The van der Waals surface area contributed by atoms with E-state index in [9.17, 15) is 0 Å². The first kappa shape index (κ1) is 13.8. The Labute approximate surface area is 118 Å². The third-order valence-electron chi connectivity index (χ3n) is 5.70. The monoisotopic (exact) mass is 266 g/mol. The average molecular weight is 266 g/mol. The summed E-state index contributed by atoms with van der Waals surface area (Å²) < 4.78 is 5.99. The zero-order chi connectivity index (χ0) is 13.4. The minimum Gasteiger partial charge on any atom is -0.375 e. The summed E-state index contributed by atoms with van der Waals surface area (Å²) in [7, 11) is 2.15. The van der Waals surface area contributed by atoms with E-state index < -0.39 is 0 Å². The zero-order valence-electron chi connectivity index (χ0n) is 12.8. The molecule has 3 heteroatoms. The number of likely N-dealkylation sites (N-methyl/N-ethyl adjacent to an activating group) is 1. The molecule has 6 atom stereocenters. The molecule has 2 saturated carbocycles. The van der Waals surface area contributed by atoms with Crippen LogP contribution < -0.4 is 5.32 Å². The number of fused-ring (bicyclic) bond motifs is 1. The predicted octanol–water partition coefficient (Wildman–Crippen LogP) is 2.26. The number of hydrogen-bond donors (Lipinski definition) is 1. The summed E-state index contributed by atoms with van der Waals surface area (Å²) >= 11 is 0. The van der Waals surface area contributed by atoms with Gasteiger partial charge < -0.3 is 10.1 Å². The summed E-state index contributed by atoms with van der Waals surface area (Å²) in [5, 5.41) is 3.61. The van der Waals surface area contributed by atoms with Gasteiger partial charge in [0.15, 0.2) is 0 Å². The van der Waals surface area contributed by atoms with Gasteiger partial charge in [0.2, 0.25) is 0 Å². The fourth-order valence-electron chi connectivity index (χ4n) is 5.01. The fraction of sp³-hybridized carbons (Fsp3) is 1.00. The van der Waals surface area contributed by atoms with Crippen LogP contribution in [0, 0.1) is 11.8 Å². The number of ether oxygens (including phenoxy) is 1. The van der Waals surface area contributed by atoms with Crippen LogP contribution in [0.4, 0.5) is 0 Å². The van der Waals surface area contributed by atoms with E-state index in [1.807, 2.05) is 0 Å². The molecule has 0 bridgehead atoms. The lowest BCUT2D eigenvalue weighted by molar-refractivity contribution is -0.0929. The lowest BCUT2D eigenvalue weighted by atomic mass is 9.75. The van der Waals surface area contributed by atoms with Gasteiger partial charge in [0.05, 0.1) is 12.7 Å². The first-order valence-corrected chi connectivity index (χ1v) is 8.25.